The molecule has 0 aliphatic carbocycles. The number of aliphatic carboxylic acids is 2. The summed E-state index contributed by atoms with van der Waals surface area (Å²) < 4.78 is 4.58. The maximum Gasteiger partial charge on any atom is 0.339 e. The number of hydrogen-bond acceptors (Lipinski definition) is 3. The van der Waals surface area contributed by atoms with E-state index >= 15 is 0 Å². The minimum Gasteiger partial charge on any atom is -0.479 e. The van der Waals surface area contributed by atoms with E-state index in [9.17, 15) is 9.59 Å². The zero-order valence-corrected chi connectivity index (χ0v) is 5.90. The topological polar surface area (TPSA) is 87.1 Å². The van der Waals surface area contributed by atoms with Gasteiger partial charge in [-0.1, -0.05) is 6.92 Å². The molecule has 0 saturated carbocycles. The monoisotopic (exact) mass is 160 g/mol. The zero-order valence-electron chi connectivity index (χ0n) is 5.90. The Balaban J connectivity index is 2.71. The fraction of sp³-hybridized carbons (Fsp3) is 0.667. The lowest BCUT2D eigenvalue weighted by atomic mass is 10.0. The van der Waals surface area contributed by atoms with Gasteiger partial charge in [0.15, 0.2) is 6.10 Å². The van der Waals surface area contributed by atoms with E-state index in [1.807, 2.05) is 0 Å². The maximum atomic E-state index is 10.4. The Labute approximate surface area is 62.6 Å². The average Bonchev–Trinajstić information content (AvgIpc) is 2.62. The molecule has 0 aromatic rings. The largest absolute Gasteiger partial charge is 0.479 e. The average molecular weight is 160 g/mol. The van der Waals surface area contributed by atoms with Crippen LogP contribution in [0.15, 0.2) is 0 Å². The summed E-state index contributed by atoms with van der Waals surface area (Å²) in [5.74, 6) is -2.42. The van der Waals surface area contributed by atoms with Gasteiger partial charge >= 0.3 is 11.9 Å². The van der Waals surface area contributed by atoms with Gasteiger partial charge in [-0.2, -0.15) is 0 Å². The minimum absolute atomic E-state index is 0.180. The Kier molecular flexibility index (Phi) is 1.60. The molecule has 0 spiro atoms. The predicted octanol–water partition coefficient (Wildman–Crippen LogP) is -0.297. The van der Waals surface area contributed by atoms with E-state index in [-0.39, 0.29) is 6.42 Å². The highest BCUT2D eigenvalue weighted by molar-refractivity contribution is 5.92. The first kappa shape index (κ1) is 8.00. The highest BCUT2D eigenvalue weighted by Crippen LogP contribution is 2.39. The lowest BCUT2D eigenvalue weighted by Gasteiger charge is -1.99. The van der Waals surface area contributed by atoms with E-state index in [0.717, 1.165) is 0 Å². The van der Waals surface area contributed by atoms with Crippen LogP contribution in [0, 0.1) is 0 Å². The van der Waals surface area contributed by atoms with Crippen molar-refractivity contribution in [3.05, 3.63) is 0 Å². The van der Waals surface area contributed by atoms with Gasteiger partial charge < -0.3 is 14.9 Å². The third-order valence-corrected chi connectivity index (χ3v) is 1.81. The summed E-state index contributed by atoms with van der Waals surface area (Å²) >= 11 is 0. The van der Waals surface area contributed by atoms with Gasteiger partial charge in [0.05, 0.1) is 0 Å². The summed E-state index contributed by atoms with van der Waals surface area (Å²) in [5, 5.41) is 16.9. The molecule has 62 valence electrons. The van der Waals surface area contributed by atoms with Gasteiger partial charge in [0, 0.05) is 0 Å². The van der Waals surface area contributed by atoms with Gasteiger partial charge in [-0.15, -0.1) is 0 Å². The highest BCUT2D eigenvalue weighted by atomic mass is 16.6. The van der Waals surface area contributed by atoms with E-state index in [2.05, 4.69) is 4.74 Å². The van der Waals surface area contributed by atoms with E-state index in [4.69, 9.17) is 10.2 Å². The molecule has 1 rings (SSSR count). The first-order valence-corrected chi connectivity index (χ1v) is 3.18. The predicted molar refractivity (Wildman–Crippen MR) is 33.2 cm³/mol. The number of carbonyl (C=O) groups is 2. The molecule has 11 heavy (non-hydrogen) atoms. The van der Waals surface area contributed by atoms with Crippen molar-refractivity contribution < 1.29 is 24.5 Å². The summed E-state index contributed by atoms with van der Waals surface area (Å²) in [7, 11) is 0. The molecule has 2 N–H and O–H groups in total. The number of carboxylic acids is 2. The first-order valence-electron chi connectivity index (χ1n) is 3.18. The molecule has 5 nitrogen and oxygen atoms in total. The second kappa shape index (κ2) is 2.20. The second-order valence-electron chi connectivity index (χ2n) is 2.38. The van der Waals surface area contributed by atoms with Crippen molar-refractivity contribution in [1.29, 1.82) is 0 Å². The lowest BCUT2D eigenvalue weighted by molar-refractivity contribution is -0.144. The second-order valence-corrected chi connectivity index (χ2v) is 2.38. The van der Waals surface area contributed by atoms with Gasteiger partial charge in [-0.05, 0) is 6.42 Å². The molecule has 0 bridgehead atoms. The maximum absolute atomic E-state index is 10.4. The molecule has 0 unspecified atom stereocenters. The minimum atomic E-state index is -1.45. The zero-order chi connectivity index (χ0) is 8.65. The summed E-state index contributed by atoms with van der Waals surface area (Å²) in [4.78, 5) is 20.7. The summed E-state index contributed by atoms with van der Waals surface area (Å²) in [6.07, 6.45) is -0.982. The Morgan fingerprint density at radius 3 is 2.18 bits per heavy atom. The van der Waals surface area contributed by atoms with Crippen LogP contribution in [-0.2, 0) is 14.3 Å². The van der Waals surface area contributed by atoms with Crippen molar-refractivity contribution in [2.24, 2.45) is 0 Å². The van der Waals surface area contributed by atoms with E-state index in [1.165, 1.54) is 0 Å². The van der Waals surface area contributed by atoms with Crippen LogP contribution in [0.25, 0.3) is 0 Å². The Hall–Kier alpha value is -1.10. The van der Waals surface area contributed by atoms with Gasteiger partial charge in [0.2, 0.25) is 5.60 Å². The lowest BCUT2D eigenvalue weighted by Crippen LogP contribution is -2.29. The van der Waals surface area contributed by atoms with Crippen LogP contribution in [0.1, 0.15) is 13.3 Å². The van der Waals surface area contributed by atoms with Gasteiger partial charge in [-0.3, -0.25) is 0 Å². The smallest absolute Gasteiger partial charge is 0.339 e. The number of epoxide rings is 1. The quantitative estimate of drug-likeness (QED) is 0.553. The molecule has 0 radical (unpaired) electrons. The van der Waals surface area contributed by atoms with Crippen LogP contribution in [-0.4, -0.2) is 33.9 Å². The van der Waals surface area contributed by atoms with Crippen LogP contribution < -0.4 is 0 Å². The SMILES string of the molecule is CC[C@]1(C(=O)O)O[C@@H]1C(=O)O. The third kappa shape index (κ3) is 0.970. The molecular weight excluding hydrogens is 152 g/mol. The van der Waals surface area contributed by atoms with Crippen molar-refractivity contribution in [2.75, 3.05) is 0 Å². The van der Waals surface area contributed by atoms with Crippen molar-refractivity contribution >= 4 is 11.9 Å². The Morgan fingerprint density at radius 1 is 1.55 bits per heavy atom. The summed E-state index contributed by atoms with van der Waals surface area (Å²) in [6.45, 7) is 1.58. The molecular formula is C6H8O5. The van der Waals surface area contributed by atoms with Gasteiger partial charge in [-0.25, -0.2) is 9.59 Å². The fourth-order valence-corrected chi connectivity index (χ4v) is 1.01. The van der Waals surface area contributed by atoms with E-state index < -0.39 is 23.6 Å². The molecule has 0 aromatic carbocycles. The highest BCUT2D eigenvalue weighted by Gasteiger charge is 2.66. The molecule has 5 heteroatoms. The van der Waals surface area contributed by atoms with Crippen molar-refractivity contribution in [3.8, 4) is 0 Å². The van der Waals surface area contributed by atoms with Crippen molar-refractivity contribution in [1.82, 2.24) is 0 Å². The number of ether oxygens (including phenoxy) is 1. The van der Waals surface area contributed by atoms with E-state index in [0.29, 0.717) is 0 Å². The van der Waals surface area contributed by atoms with Crippen molar-refractivity contribution in [2.45, 2.75) is 25.0 Å². The van der Waals surface area contributed by atoms with Gasteiger partial charge in [0.25, 0.3) is 0 Å². The van der Waals surface area contributed by atoms with E-state index in [1.54, 1.807) is 6.92 Å². The summed E-state index contributed by atoms with van der Waals surface area (Å²) in [5.41, 5.74) is -1.45. The molecule has 1 saturated heterocycles. The van der Waals surface area contributed by atoms with Crippen LogP contribution in [0.5, 0.6) is 0 Å². The van der Waals surface area contributed by atoms with Crippen molar-refractivity contribution in [3.63, 3.8) is 0 Å². The molecule has 0 aromatic heterocycles. The number of carboxylic acid groups (broad SMARTS) is 2. The Bertz CT molecular complexity index is 211. The number of rotatable bonds is 3. The number of hydrogen-bond donors (Lipinski definition) is 2. The van der Waals surface area contributed by atoms with Gasteiger partial charge in [0.1, 0.15) is 0 Å². The molecule has 0 amide bonds. The Morgan fingerprint density at radius 2 is 2.09 bits per heavy atom. The molecule has 2 atom stereocenters. The fourth-order valence-electron chi connectivity index (χ4n) is 1.01. The normalized spacial score (nSPS) is 34.8. The summed E-state index contributed by atoms with van der Waals surface area (Å²) in [6, 6.07) is 0. The van der Waals surface area contributed by atoms with Crippen LogP contribution in [0.4, 0.5) is 0 Å². The van der Waals surface area contributed by atoms with Crippen LogP contribution in [0.2, 0.25) is 0 Å². The molecule has 1 fully saturated rings. The molecule has 1 aliphatic heterocycles. The van der Waals surface area contributed by atoms with Crippen LogP contribution >= 0.6 is 0 Å². The molecule has 1 heterocycles. The first-order chi connectivity index (χ1) is 5.04. The molecule has 1 aliphatic rings. The standard InChI is InChI=1S/C6H8O5/c1-2-6(5(9)10)3(11-6)4(7)8/h3H,2H2,1H3,(H,7,8)(H,9,10)/t3-,6+/m1/s1. The van der Waals surface area contributed by atoms with Crippen LogP contribution in [0.3, 0.4) is 0 Å². The third-order valence-electron chi connectivity index (χ3n) is 1.81.